The maximum atomic E-state index is 12.5. The van der Waals surface area contributed by atoms with Crippen LogP contribution in [-0.4, -0.2) is 50.6 Å². The molecule has 4 N–H and O–H groups in total. The highest BCUT2D eigenvalue weighted by molar-refractivity contribution is 5.93. The number of amides is 4. The molecule has 0 saturated carbocycles. The van der Waals surface area contributed by atoms with E-state index >= 15 is 0 Å². The second kappa shape index (κ2) is 11.0. The summed E-state index contributed by atoms with van der Waals surface area (Å²) in [5.41, 5.74) is 1.95. The third-order valence-corrected chi connectivity index (χ3v) is 5.86. The number of rotatable bonds is 6. The number of nitrogens with one attached hydrogen (secondary N) is 4. The molecule has 0 unspecified atom stereocenters. The highest BCUT2D eigenvalue weighted by Gasteiger charge is 2.22. The Hall–Kier alpha value is -4.60. The van der Waals surface area contributed by atoms with Gasteiger partial charge in [-0.1, -0.05) is 30.3 Å². The summed E-state index contributed by atoms with van der Waals surface area (Å²) in [6.07, 6.45) is -0.600. The first-order valence-electron chi connectivity index (χ1n) is 12.0. The van der Waals surface area contributed by atoms with Crippen LogP contribution in [0, 0.1) is 6.92 Å². The first-order chi connectivity index (χ1) is 18.0. The summed E-state index contributed by atoms with van der Waals surface area (Å²) in [5, 5.41) is 11.2. The maximum Gasteiger partial charge on any atom is 0.319 e. The Bertz CT molecular complexity index is 1280. The standard InChI is InChI=1S/C27H28N4O6/c1-17-10-11-18(30-26(32)28-13-19-15-34-22-6-2-4-8-24(22)36-19)12-21(17)31-27(33)29-14-20-16-35-23-7-3-5-9-25(23)37-20/h2-12,19-20H,13-16H2,1H3,(H2,28,30,32)(H2,29,31,33)/t19-,20-/m1/s1. The Morgan fingerprint density at radius 3 is 1.81 bits per heavy atom. The third-order valence-electron chi connectivity index (χ3n) is 5.86. The van der Waals surface area contributed by atoms with Crippen molar-refractivity contribution in [3.05, 3.63) is 72.3 Å². The number of hydrogen-bond donors (Lipinski definition) is 4. The van der Waals surface area contributed by atoms with Crippen LogP contribution < -0.4 is 40.2 Å². The van der Waals surface area contributed by atoms with Gasteiger partial charge in [0.1, 0.15) is 13.2 Å². The van der Waals surface area contributed by atoms with Gasteiger partial charge in [-0.15, -0.1) is 0 Å². The van der Waals surface area contributed by atoms with E-state index in [0.29, 0.717) is 47.6 Å². The molecule has 0 fully saturated rings. The third kappa shape index (κ3) is 6.16. The van der Waals surface area contributed by atoms with E-state index in [9.17, 15) is 9.59 Å². The molecular weight excluding hydrogens is 476 g/mol. The van der Waals surface area contributed by atoms with Crippen LogP contribution in [0.4, 0.5) is 21.0 Å². The van der Waals surface area contributed by atoms with Crippen LogP contribution in [0.2, 0.25) is 0 Å². The molecule has 0 aromatic heterocycles. The minimum Gasteiger partial charge on any atom is -0.486 e. The zero-order valence-corrected chi connectivity index (χ0v) is 20.3. The molecule has 4 amide bonds. The molecule has 10 nitrogen and oxygen atoms in total. The van der Waals surface area contributed by atoms with Crippen molar-refractivity contribution in [3.8, 4) is 23.0 Å². The Morgan fingerprint density at radius 2 is 1.24 bits per heavy atom. The van der Waals surface area contributed by atoms with Gasteiger partial charge in [-0.3, -0.25) is 0 Å². The van der Waals surface area contributed by atoms with Gasteiger partial charge in [0.2, 0.25) is 0 Å². The van der Waals surface area contributed by atoms with Gasteiger partial charge in [-0.2, -0.15) is 0 Å². The molecule has 192 valence electrons. The van der Waals surface area contributed by atoms with Gasteiger partial charge in [-0.05, 0) is 48.9 Å². The lowest BCUT2D eigenvalue weighted by Crippen LogP contribution is -2.42. The first kappa shape index (κ1) is 24.1. The van der Waals surface area contributed by atoms with E-state index in [4.69, 9.17) is 18.9 Å². The van der Waals surface area contributed by atoms with Gasteiger partial charge in [0.05, 0.1) is 13.1 Å². The predicted molar refractivity (Wildman–Crippen MR) is 138 cm³/mol. The Morgan fingerprint density at radius 1 is 0.730 bits per heavy atom. The molecule has 2 aliphatic heterocycles. The normalized spacial score (nSPS) is 17.3. The minimum absolute atomic E-state index is 0.275. The van der Waals surface area contributed by atoms with Gasteiger partial charge in [0.25, 0.3) is 0 Å². The van der Waals surface area contributed by atoms with Crippen LogP contribution in [0.15, 0.2) is 66.7 Å². The van der Waals surface area contributed by atoms with Crippen LogP contribution in [0.25, 0.3) is 0 Å². The smallest absolute Gasteiger partial charge is 0.319 e. The van der Waals surface area contributed by atoms with Crippen molar-refractivity contribution in [3.63, 3.8) is 0 Å². The molecule has 0 spiro atoms. The van der Waals surface area contributed by atoms with E-state index in [0.717, 1.165) is 5.56 Å². The molecule has 37 heavy (non-hydrogen) atoms. The molecular formula is C27H28N4O6. The van der Waals surface area contributed by atoms with Crippen LogP contribution in [0.3, 0.4) is 0 Å². The second-order valence-electron chi connectivity index (χ2n) is 8.69. The van der Waals surface area contributed by atoms with Crippen molar-refractivity contribution in [2.24, 2.45) is 0 Å². The van der Waals surface area contributed by atoms with Gasteiger partial charge < -0.3 is 40.2 Å². The molecule has 2 heterocycles. The predicted octanol–water partition coefficient (Wildman–Crippen LogP) is 3.92. The van der Waals surface area contributed by atoms with Crippen LogP contribution in [-0.2, 0) is 0 Å². The maximum absolute atomic E-state index is 12.5. The van der Waals surface area contributed by atoms with E-state index < -0.39 is 6.03 Å². The number of benzene rings is 3. The lowest BCUT2D eigenvalue weighted by Gasteiger charge is -2.26. The Kier molecular flexibility index (Phi) is 7.16. The average molecular weight is 505 g/mol. The number of carbonyl (C=O) groups excluding carboxylic acids is 2. The molecule has 0 radical (unpaired) electrons. The number of carbonyl (C=O) groups is 2. The summed E-state index contributed by atoms with van der Waals surface area (Å²) < 4.78 is 23.1. The van der Waals surface area contributed by atoms with Gasteiger partial charge >= 0.3 is 12.1 Å². The highest BCUT2D eigenvalue weighted by Crippen LogP contribution is 2.31. The number of ether oxygens (including phenoxy) is 4. The molecule has 0 bridgehead atoms. The molecule has 0 saturated heterocycles. The van der Waals surface area contributed by atoms with Gasteiger partial charge in [0.15, 0.2) is 35.2 Å². The summed E-state index contributed by atoms with van der Waals surface area (Å²) in [5.74, 6) is 2.69. The van der Waals surface area contributed by atoms with E-state index in [1.54, 1.807) is 12.1 Å². The number of anilines is 2. The molecule has 3 aromatic carbocycles. The van der Waals surface area contributed by atoms with Crippen molar-refractivity contribution >= 4 is 23.4 Å². The van der Waals surface area contributed by atoms with E-state index in [1.165, 1.54) is 0 Å². The summed E-state index contributed by atoms with van der Waals surface area (Å²) in [4.78, 5) is 24.9. The summed E-state index contributed by atoms with van der Waals surface area (Å²) in [6.45, 7) is 3.10. The van der Waals surface area contributed by atoms with Crippen LogP contribution >= 0.6 is 0 Å². The van der Waals surface area contributed by atoms with Crippen molar-refractivity contribution in [2.45, 2.75) is 19.1 Å². The topological polar surface area (TPSA) is 119 Å². The van der Waals surface area contributed by atoms with Crippen LogP contribution in [0.5, 0.6) is 23.0 Å². The highest BCUT2D eigenvalue weighted by atomic mass is 16.6. The lowest BCUT2D eigenvalue weighted by molar-refractivity contribution is 0.0922. The van der Waals surface area contributed by atoms with E-state index in [-0.39, 0.29) is 31.3 Å². The molecule has 2 atom stereocenters. The van der Waals surface area contributed by atoms with Crippen molar-refractivity contribution in [1.29, 1.82) is 0 Å². The first-order valence-corrected chi connectivity index (χ1v) is 12.0. The fourth-order valence-electron chi connectivity index (χ4n) is 3.92. The van der Waals surface area contributed by atoms with Crippen molar-refractivity contribution in [1.82, 2.24) is 10.6 Å². The molecule has 0 aliphatic carbocycles. The lowest BCUT2D eigenvalue weighted by atomic mass is 10.2. The number of hydrogen-bond acceptors (Lipinski definition) is 6. The fraction of sp³-hybridized carbons (Fsp3) is 0.259. The SMILES string of the molecule is Cc1ccc(NC(=O)NC[C@@H]2COc3ccccc3O2)cc1NC(=O)NC[C@@H]1COc2ccccc2O1. The Labute approximate surface area is 214 Å². The van der Waals surface area contributed by atoms with Crippen molar-refractivity contribution in [2.75, 3.05) is 36.9 Å². The summed E-state index contributed by atoms with van der Waals surface area (Å²) >= 11 is 0. The second-order valence-corrected chi connectivity index (χ2v) is 8.69. The summed E-state index contributed by atoms with van der Waals surface area (Å²) in [6, 6.07) is 19.3. The van der Waals surface area contributed by atoms with Crippen LogP contribution in [0.1, 0.15) is 5.56 Å². The molecule has 2 aliphatic rings. The molecule has 10 heteroatoms. The van der Waals surface area contributed by atoms with E-state index in [1.807, 2.05) is 61.5 Å². The largest absolute Gasteiger partial charge is 0.486 e. The van der Waals surface area contributed by atoms with Crippen molar-refractivity contribution < 1.29 is 28.5 Å². The number of aryl methyl sites for hydroxylation is 1. The number of para-hydroxylation sites is 4. The van der Waals surface area contributed by atoms with Gasteiger partial charge in [-0.25, -0.2) is 9.59 Å². The minimum atomic E-state index is -0.392. The fourth-order valence-corrected chi connectivity index (χ4v) is 3.92. The zero-order valence-electron chi connectivity index (χ0n) is 20.3. The Balaban J connectivity index is 1.08. The quantitative estimate of drug-likeness (QED) is 0.404. The molecule has 3 aromatic rings. The van der Waals surface area contributed by atoms with E-state index in [2.05, 4.69) is 21.3 Å². The number of urea groups is 2. The van der Waals surface area contributed by atoms with Gasteiger partial charge in [0, 0.05) is 11.4 Å². The number of fused-ring (bicyclic) bond motifs is 2. The monoisotopic (exact) mass is 504 g/mol. The average Bonchev–Trinajstić information content (AvgIpc) is 2.92. The zero-order chi connectivity index (χ0) is 25.6. The summed E-state index contributed by atoms with van der Waals surface area (Å²) in [7, 11) is 0. The molecule has 5 rings (SSSR count).